The standard InChI is InChI=1S/C21H22N2O4/c1-15-5-8-18(9-6-15)26-11-3-4-21(25)27-14-17-12-20(24)23-13-16(2)7-10-19(23)22-17/h5-10,12-13H,3-4,11,14H2,1-2H3. The van der Waals surface area contributed by atoms with Crippen molar-refractivity contribution >= 4 is 11.6 Å². The number of esters is 1. The van der Waals surface area contributed by atoms with Crippen molar-refractivity contribution < 1.29 is 14.3 Å². The zero-order valence-electron chi connectivity index (χ0n) is 15.5. The van der Waals surface area contributed by atoms with E-state index in [1.165, 1.54) is 16.0 Å². The third kappa shape index (κ3) is 5.17. The Labute approximate surface area is 157 Å². The largest absolute Gasteiger partial charge is 0.494 e. The first-order chi connectivity index (χ1) is 13.0. The molecule has 0 aliphatic carbocycles. The van der Waals surface area contributed by atoms with E-state index in [1.54, 1.807) is 12.3 Å². The maximum absolute atomic E-state index is 12.1. The van der Waals surface area contributed by atoms with E-state index >= 15 is 0 Å². The first-order valence-corrected chi connectivity index (χ1v) is 8.85. The molecule has 0 aliphatic rings. The summed E-state index contributed by atoms with van der Waals surface area (Å²) >= 11 is 0. The van der Waals surface area contributed by atoms with E-state index in [-0.39, 0.29) is 24.6 Å². The number of carbonyl (C=O) groups excluding carboxylic acids is 1. The van der Waals surface area contributed by atoms with Crippen molar-refractivity contribution in [2.24, 2.45) is 0 Å². The summed E-state index contributed by atoms with van der Waals surface area (Å²) in [5.41, 5.74) is 2.92. The van der Waals surface area contributed by atoms with Gasteiger partial charge >= 0.3 is 5.97 Å². The van der Waals surface area contributed by atoms with Crippen molar-refractivity contribution in [1.82, 2.24) is 9.38 Å². The Kier molecular flexibility index (Phi) is 5.86. The smallest absolute Gasteiger partial charge is 0.306 e. The molecule has 0 amide bonds. The number of nitrogens with zero attached hydrogens (tertiary/aromatic N) is 2. The molecule has 0 N–H and O–H groups in total. The van der Waals surface area contributed by atoms with E-state index in [1.807, 2.05) is 44.2 Å². The van der Waals surface area contributed by atoms with Crippen molar-refractivity contribution in [3.05, 3.63) is 75.8 Å². The summed E-state index contributed by atoms with van der Waals surface area (Å²) in [6.07, 6.45) is 2.53. The van der Waals surface area contributed by atoms with Crippen molar-refractivity contribution in [2.45, 2.75) is 33.3 Å². The number of rotatable bonds is 7. The fourth-order valence-electron chi connectivity index (χ4n) is 2.60. The van der Waals surface area contributed by atoms with Crippen LogP contribution in [0.5, 0.6) is 5.75 Å². The molecule has 0 radical (unpaired) electrons. The summed E-state index contributed by atoms with van der Waals surface area (Å²) in [7, 11) is 0. The van der Waals surface area contributed by atoms with Crippen LogP contribution >= 0.6 is 0 Å². The van der Waals surface area contributed by atoms with E-state index in [9.17, 15) is 9.59 Å². The van der Waals surface area contributed by atoms with Gasteiger partial charge in [0, 0.05) is 18.7 Å². The highest BCUT2D eigenvalue weighted by molar-refractivity contribution is 5.69. The molecule has 0 fully saturated rings. The summed E-state index contributed by atoms with van der Waals surface area (Å²) in [4.78, 5) is 28.4. The van der Waals surface area contributed by atoms with Gasteiger partial charge in [-0.1, -0.05) is 23.8 Å². The number of hydrogen-bond donors (Lipinski definition) is 0. The minimum atomic E-state index is -0.339. The van der Waals surface area contributed by atoms with Crippen LogP contribution in [0.4, 0.5) is 0 Å². The lowest BCUT2D eigenvalue weighted by atomic mass is 10.2. The van der Waals surface area contributed by atoms with Gasteiger partial charge in [-0.3, -0.25) is 14.0 Å². The fourth-order valence-corrected chi connectivity index (χ4v) is 2.60. The van der Waals surface area contributed by atoms with Crippen molar-refractivity contribution in [1.29, 1.82) is 0 Å². The highest BCUT2D eigenvalue weighted by Gasteiger charge is 2.07. The average molecular weight is 366 g/mol. The Balaban J connectivity index is 1.46. The topological polar surface area (TPSA) is 69.9 Å². The molecule has 0 unspecified atom stereocenters. The van der Waals surface area contributed by atoms with E-state index in [0.717, 1.165) is 11.3 Å². The third-order valence-electron chi connectivity index (χ3n) is 4.06. The Morgan fingerprint density at radius 3 is 2.59 bits per heavy atom. The minimum absolute atomic E-state index is 0.0166. The number of aromatic nitrogens is 2. The highest BCUT2D eigenvalue weighted by atomic mass is 16.5. The predicted octanol–water partition coefficient (Wildman–Crippen LogP) is 3.21. The summed E-state index contributed by atoms with van der Waals surface area (Å²) in [6.45, 7) is 4.34. The summed E-state index contributed by atoms with van der Waals surface area (Å²) in [5.74, 6) is 0.443. The lowest BCUT2D eigenvalue weighted by molar-refractivity contribution is -0.145. The van der Waals surface area contributed by atoms with Gasteiger partial charge in [-0.15, -0.1) is 0 Å². The monoisotopic (exact) mass is 366 g/mol. The van der Waals surface area contributed by atoms with Crippen LogP contribution < -0.4 is 10.3 Å². The molecule has 0 saturated heterocycles. The summed E-state index contributed by atoms with van der Waals surface area (Å²) in [6, 6.07) is 12.8. The average Bonchev–Trinajstić information content (AvgIpc) is 2.65. The third-order valence-corrected chi connectivity index (χ3v) is 4.06. The number of ether oxygens (including phenoxy) is 2. The van der Waals surface area contributed by atoms with Gasteiger partial charge < -0.3 is 9.47 Å². The van der Waals surface area contributed by atoms with Crippen LogP contribution in [0.15, 0.2) is 53.5 Å². The van der Waals surface area contributed by atoms with Gasteiger partial charge in [0.25, 0.3) is 5.56 Å². The molecule has 0 bridgehead atoms. The molecular weight excluding hydrogens is 344 g/mol. The molecule has 6 nitrogen and oxygen atoms in total. The van der Waals surface area contributed by atoms with Crippen LogP contribution in [0, 0.1) is 13.8 Å². The molecule has 140 valence electrons. The molecule has 2 heterocycles. The molecule has 0 atom stereocenters. The summed E-state index contributed by atoms with van der Waals surface area (Å²) in [5, 5.41) is 0. The lowest BCUT2D eigenvalue weighted by Gasteiger charge is -2.08. The molecule has 3 aromatic rings. The fraction of sp³-hybridized carbons (Fsp3) is 0.286. The second kappa shape index (κ2) is 8.49. The number of pyridine rings is 1. The van der Waals surface area contributed by atoms with Crippen LogP contribution in [-0.2, 0) is 16.1 Å². The van der Waals surface area contributed by atoms with Crippen LogP contribution in [-0.4, -0.2) is 22.0 Å². The maximum Gasteiger partial charge on any atom is 0.306 e. The SMILES string of the molecule is Cc1ccc(OCCCC(=O)OCc2cc(=O)n3cc(C)ccc3n2)cc1. The zero-order chi connectivity index (χ0) is 19.2. The normalized spacial score (nSPS) is 10.7. The molecule has 0 aliphatic heterocycles. The van der Waals surface area contributed by atoms with Crippen molar-refractivity contribution in [3.63, 3.8) is 0 Å². The Bertz CT molecular complexity index is 993. The van der Waals surface area contributed by atoms with Crippen molar-refractivity contribution in [2.75, 3.05) is 6.61 Å². The van der Waals surface area contributed by atoms with Gasteiger partial charge in [-0.05, 0) is 44.0 Å². The second-order valence-electron chi connectivity index (χ2n) is 6.45. The van der Waals surface area contributed by atoms with Crippen LogP contribution in [0.1, 0.15) is 29.7 Å². The van der Waals surface area contributed by atoms with Crippen LogP contribution in [0.2, 0.25) is 0 Å². The van der Waals surface area contributed by atoms with Gasteiger partial charge in [0.05, 0.1) is 12.3 Å². The number of carbonyl (C=O) groups is 1. The first-order valence-electron chi connectivity index (χ1n) is 8.85. The highest BCUT2D eigenvalue weighted by Crippen LogP contribution is 2.12. The summed E-state index contributed by atoms with van der Waals surface area (Å²) < 4.78 is 12.3. The van der Waals surface area contributed by atoms with Gasteiger partial charge in [0.15, 0.2) is 0 Å². The van der Waals surface area contributed by atoms with Crippen molar-refractivity contribution in [3.8, 4) is 5.75 Å². The van der Waals surface area contributed by atoms with E-state index in [4.69, 9.17) is 9.47 Å². The van der Waals surface area contributed by atoms with Gasteiger partial charge in [0.1, 0.15) is 18.0 Å². The molecule has 27 heavy (non-hydrogen) atoms. The number of aryl methyl sites for hydroxylation is 2. The van der Waals surface area contributed by atoms with Gasteiger partial charge in [-0.25, -0.2) is 4.98 Å². The molecule has 0 spiro atoms. The molecule has 1 aromatic carbocycles. The molecule has 2 aromatic heterocycles. The van der Waals surface area contributed by atoms with E-state index in [0.29, 0.717) is 24.4 Å². The van der Waals surface area contributed by atoms with E-state index in [2.05, 4.69) is 4.98 Å². The van der Waals surface area contributed by atoms with E-state index < -0.39 is 0 Å². The Morgan fingerprint density at radius 1 is 1.07 bits per heavy atom. The zero-order valence-corrected chi connectivity index (χ0v) is 15.5. The maximum atomic E-state index is 12.1. The van der Waals surface area contributed by atoms with Gasteiger partial charge in [0.2, 0.25) is 0 Å². The molecule has 6 heteroatoms. The Hall–Kier alpha value is -3.15. The Morgan fingerprint density at radius 2 is 1.81 bits per heavy atom. The van der Waals surface area contributed by atoms with Gasteiger partial charge in [-0.2, -0.15) is 0 Å². The minimum Gasteiger partial charge on any atom is -0.494 e. The van der Waals surface area contributed by atoms with Crippen LogP contribution in [0.3, 0.4) is 0 Å². The second-order valence-corrected chi connectivity index (χ2v) is 6.45. The molecule has 0 saturated carbocycles. The number of fused-ring (bicyclic) bond motifs is 1. The number of hydrogen-bond acceptors (Lipinski definition) is 5. The molecular formula is C21H22N2O4. The van der Waals surface area contributed by atoms with Crippen LogP contribution in [0.25, 0.3) is 5.65 Å². The first kappa shape index (κ1) is 18.6. The molecule has 3 rings (SSSR count). The predicted molar refractivity (Wildman–Crippen MR) is 102 cm³/mol. The quantitative estimate of drug-likeness (QED) is 0.474. The lowest BCUT2D eigenvalue weighted by Crippen LogP contribution is -2.17. The number of benzene rings is 1.